The first-order valence-corrected chi connectivity index (χ1v) is 6.69. The molecule has 1 aromatic carbocycles. The monoisotopic (exact) mass is 263 g/mol. The van der Waals surface area contributed by atoms with Gasteiger partial charge < -0.3 is 9.31 Å². The highest BCUT2D eigenvalue weighted by Gasteiger charge is 2.51. The van der Waals surface area contributed by atoms with E-state index in [9.17, 15) is 0 Å². The highest BCUT2D eigenvalue weighted by Crippen LogP contribution is 2.36. The summed E-state index contributed by atoms with van der Waals surface area (Å²) in [5.74, 6) is 0. The molecule has 104 valence electrons. The molecule has 1 N–H and O–H groups in total. The summed E-state index contributed by atoms with van der Waals surface area (Å²) < 4.78 is 12.0. The van der Waals surface area contributed by atoms with E-state index in [-0.39, 0.29) is 18.3 Å². The minimum atomic E-state index is -0.339. The molecule has 2 rings (SSSR count). The first-order chi connectivity index (χ1) is 8.86. The summed E-state index contributed by atoms with van der Waals surface area (Å²) in [4.78, 5) is 5.19. The molecule has 19 heavy (non-hydrogen) atoms. The Kier molecular flexibility index (Phi) is 3.90. The molecule has 1 saturated heterocycles. The molecule has 0 atom stereocenters. The molecule has 1 aromatic rings. The summed E-state index contributed by atoms with van der Waals surface area (Å²) in [7, 11) is -0.339. The van der Waals surface area contributed by atoms with Crippen LogP contribution < -0.4 is 10.9 Å². The van der Waals surface area contributed by atoms with Crippen molar-refractivity contribution in [3.63, 3.8) is 0 Å². The molecule has 1 aliphatic heterocycles. The van der Waals surface area contributed by atoms with Crippen molar-refractivity contribution in [2.75, 3.05) is 12.1 Å². The summed E-state index contributed by atoms with van der Waals surface area (Å²) in [5.41, 5.74) is 4.14. The van der Waals surface area contributed by atoms with Crippen LogP contribution >= 0.6 is 0 Å². The third-order valence-corrected chi connectivity index (χ3v) is 3.75. The first kappa shape index (κ1) is 14.4. The molecule has 1 aliphatic rings. The van der Waals surface area contributed by atoms with Crippen LogP contribution in [0.3, 0.4) is 0 Å². The van der Waals surface area contributed by atoms with Gasteiger partial charge in [-0.2, -0.15) is 0 Å². The fourth-order valence-electron chi connectivity index (χ4n) is 1.88. The third-order valence-electron chi connectivity index (χ3n) is 3.75. The topological polar surface area (TPSA) is 39.7 Å². The second kappa shape index (κ2) is 5.15. The van der Waals surface area contributed by atoms with Crippen LogP contribution in [0.2, 0.25) is 0 Å². The lowest BCUT2D eigenvalue weighted by atomic mass is 9.79. The van der Waals surface area contributed by atoms with Gasteiger partial charge in [-0.05, 0) is 52.2 Å². The number of hydrogen-bond acceptors (Lipinski definition) is 4. The quantitative estimate of drug-likeness (QED) is 0.668. The molecule has 1 fully saturated rings. The number of benzene rings is 1. The lowest BCUT2D eigenvalue weighted by Crippen LogP contribution is -2.41. The van der Waals surface area contributed by atoms with Crippen molar-refractivity contribution in [1.82, 2.24) is 0 Å². The molecule has 1 heterocycles. The van der Waals surface area contributed by atoms with Crippen molar-refractivity contribution in [3.8, 4) is 0 Å². The predicted octanol–water partition coefficient (Wildman–Crippen LogP) is 2.35. The van der Waals surface area contributed by atoms with Gasteiger partial charge in [-0.25, -0.2) is 0 Å². The van der Waals surface area contributed by atoms with E-state index in [4.69, 9.17) is 14.1 Å². The third kappa shape index (κ3) is 2.94. The molecule has 0 spiro atoms. The number of hydrogen-bond donors (Lipinski definition) is 1. The van der Waals surface area contributed by atoms with Gasteiger partial charge in [0.25, 0.3) is 0 Å². The summed E-state index contributed by atoms with van der Waals surface area (Å²) in [5, 5.41) is 0. The Labute approximate surface area is 115 Å². The molecule has 4 nitrogen and oxygen atoms in total. The van der Waals surface area contributed by atoms with Crippen LogP contribution in [0.4, 0.5) is 5.69 Å². The van der Waals surface area contributed by atoms with E-state index in [0.717, 1.165) is 11.2 Å². The maximum absolute atomic E-state index is 6.02. The Morgan fingerprint density at radius 1 is 1.16 bits per heavy atom. The maximum Gasteiger partial charge on any atom is 0.494 e. The Bertz CT molecular complexity index is 432. The van der Waals surface area contributed by atoms with Crippen LogP contribution in [0.1, 0.15) is 34.6 Å². The zero-order valence-corrected chi connectivity index (χ0v) is 12.3. The summed E-state index contributed by atoms with van der Waals surface area (Å²) in [6, 6.07) is 7.89. The molecule has 0 unspecified atom stereocenters. The number of nitrogens with one attached hydrogen (secondary N) is 1. The van der Waals surface area contributed by atoms with Crippen molar-refractivity contribution in [2.24, 2.45) is 0 Å². The van der Waals surface area contributed by atoms with E-state index in [0.29, 0.717) is 6.61 Å². The highest BCUT2D eigenvalue weighted by molar-refractivity contribution is 6.62. The minimum Gasteiger partial charge on any atom is -0.399 e. The molecule has 0 radical (unpaired) electrons. The lowest BCUT2D eigenvalue weighted by molar-refractivity contribution is 0.00578. The molecular formula is C14H22BNO3. The molecule has 0 bridgehead atoms. The van der Waals surface area contributed by atoms with Crippen molar-refractivity contribution >= 4 is 18.3 Å². The minimum absolute atomic E-state index is 0.318. The average Bonchev–Trinajstić information content (AvgIpc) is 2.56. The second-order valence-electron chi connectivity index (χ2n) is 5.75. The predicted molar refractivity (Wildman–Crippen MR) is 77.4 cm³/mol. The fraction of sp³-hybridized carbons (Fsp3) is 0.571. The van der Waals surface area contributed by atoms with Crippen LogP contribution in [-0.2, 0) is 14.1 Å². The SMILES string of the molecule is CCONc1cccc(B2OC(C)(C)C(C)(C)O2)c1. The van der Waals surface area contributed by atoms with Crippen LogP contribution in [0.5, 0.6) is 0 Å². The highest BCUT2D eigenvalue weighted by atomic mass is 16.7. The van der Waals surface area contributed by atoms with E-state index in [1.54, 1.807) is 0 Å². The summed E-state index contributed by atoms with van der Waals surface area (Å²) >= 11 is 0. The Balaban J connectivity index is 2.15. The molecule has 0 saturated carbocycles. The van der Waals surface area contributed by atoms with Crippen LogP contribution in [-0.4, -0.2) is 24.9 Å². The van der Waals surface area contributed by atoms with E-state index in [2.05, 4.69) is 33.2 Å². The smallest absolute Gasteiger partial charge is 0.399 e. The molecule has 5 heteroatoms. The summed E-state index contributed by atoms with van der Waals surface area (Å²) in [6.45, 7) is 10.8. The number of anilines is 1. The van der Waals surface area contributed by atoms with E-state index in [1.165, 1.54) is 0 Å². The Morgan fingerprint density at radius 2 is 1.79 bits per heavy atom. The molecule has 0 aromatic heterocycles. The molecule has 0 aliphatic carbocycles. The summed E-state index contributed by atoms with van der Waals surface area (Å²) in [6.07, 6.45) is 0. The van der Waals surface area contributed by atoms with Gasteiger partial charge in [0.1, 0.15) is 0 Å². The van der Waals surface area contributed by atoms with Gasteiger partial charge in [0.05, 0.1) is 23.5 Å². The molecular weight excluding hydrogens is 241 g/mol. The van der Waals surface area contributed by atoms with Gasteiger partial charge in [-0.3, -0.25) is 10.3 Å². The maximum atomic E-state index is 6.02. The Hall–Kier alpha value is -1.04. The van der Waals surface area contributed by atoms with Crippen molar-refractivity contribution in [1.29, 1.82) is 0 Å². The fourth-order valence-corrected chi connectivity index (χ4v) is 1.88. The van der Waals surface area contributed by atoms with Gasteiger partial charge in [0, 0.05) is 0 Å². The van der Waals surface area contributed by atoms with E-state index < -0.39 is 0 Å². The van der Waals surface area contributed by atoms with Crippen LogP contribution in [0.15, 0.2) is 24.3 Å². The average molecular weight is 263 g/mol. The normalized spacial score (nSPS) is 20.6. The second-order valence-corrected chi connectivity index (χ2v) is 5.75. The van der Waals surface area contributed by atoms with Gasteiger partial charge in [0.15, 0.2) is 0 Å². The van der Waals surface area contributed by atoms with Gasteiger partial charge in [-0.1, -0.05) is 12.1 Å². The first-order valence-electron chi connectivity index (χ1n) is 6.69. The van der Waals surface area contributed by atoms with Gasteiger partial charge in [0.2, 0.25) is 0 Å². The van der Waals surface area contributed by atoms with Crippen molar-refractivity contribution < 1.29 is 14.1 Å². The van der Waals surface area contributed by atoms with E-state index in [1.807, 2.05) is 31.2 Å². The van der Waals surface area contributed by atoms with E-state index >= 15 is 0 Å². The Morgan fingerprint density at radius 3 is 2.37 bits per heavy atom. The van der Waals surface area contributed by atoms with Gasteiger partial charge in [-0.15, -0.1) is 0 Å². The van der Waals surface area contributed by atoms with Gasteiger partial charge >= 0.3 is 7.12 Å². The number of rotatable bonds is 4. The zero-order valence-electron chi connectivity index (χ0n) is 12.3. The van der Waals surface area contributed by atoms with Crippen molar-refractivity contribution in [3.05, 3.63) is 24.3 Å². The lowest BCUT2D eigenvalue weighted by Gasteiger charge is -2.32. The van der Waals surface area contributed by atoms with Crippen molar-refractivity contribution in [2.45, 2.75) is 45.8 Å². The van der Waals surface area contributed by atoms with Crippen LogP contribution in [0, 0.1) is 0 Å². The zero-order chi connectivity index (χ0) is 14.1. The molecule has 0 amide bonds. The standard InChI is InChI=1S/C14H22BNO3/c1-6-17-16-12-9-7-8-11(10-12)15-18-13(2,3)14(4,5)19-15/h7-10,16H,6H2,1-5H3. The largest absolute Gasteiger partial charge is 0.494 e. The van der Waals surface area contributed by atoms with Crippen LogP contribution in [0.25, 0.3) is 0 Å².